The van der Waals surface area contributed by atoms with Crippen molar-refractivity contribution in [3.63, 3.8) is 0 Å². The molecule has 2 rings (SSSR count). The van der Waals surface area contributed by atoms with Crippen molar-refractivity contribution >= 4 is 6.09 Å². The molecule has 1 aromatic rings. The van der Waals surface area contributed by atoms with Crippen LogP contribution in [0.2, 0.25) is 0 Å². The van der Waals surface area contributed by atoms with Crippen LogP contribution in [0.15, 0.2) is 30.3 Å². The van der Waals surface area contributed by atoms with Crippen LogP contribution in [0.5, 0.6) is 0 Å². The van der Waals surface area contributed by atoms with Gasteiger partial charge in [0.05, 0.1) is 12.6 Å². The van der Waals surface area contributed by atoms with E-state index in [1.54, 1.807) is 0 Å². The number of epoxide rings is 1. The smallest absolute Gasteiger partial charge is 0.408 e. The Morgan fingerprint density at radius 2 is 2.00 bits per heavy atom. The van der Waals surface area contributed by atoms with E-state index in [0.717, 1.165) is 5.56 Å². The van der Waals surface area contributed by atoms with Crippen LogP contribution < -0.4 is 5.32 Å². The van der Waals surface area contributed by atoms with Crippen molar-refractivity contribution in [3.8, 4) is 0 Å². The largest absolute Gasteiger partial charge is 0.444 e. The molecule has 1 heterocycles. The molecule has 0 radical (unpaired) electrons. The van der Waals surface area contributed by atoms with E-state index in [2.05, 4.69) is 5.32 Å². The zero-order chi connectivity index (χ0) is 13.2. The van der Waals surface area contributed by atoms with Crippen LogP contribution in [0, 0.1) is 0 Å². The fourth-order valence-electron chi connectivity index (χ4n) is 1.73. The summed E-state index contributed by atoms with van der Waals surface area (Å²) >= 11 is 0. The Bertz CT molecular complexity index is 407. The molecule has 1 aliphatic heterocycles. The van der Waals surface area contributed by atoms with Gasteiger partial charge in [0, 0.05) is 0 Å². The minimum absolute atomic E-state index is 0.0555. The van der Waals surface area contributed by atoms with Crippen molar-refractivity contribution in [2.75, 3.05) is 6.61 Å². The highest BCUT2D eigenvalue weighted by atomic mass is 16.6. The number of carbonyl (C=O) groups excluding carboxylic acids is 1. The molecule has 0 aliphatic carbocycles. The molecule has 1 unspecified atom stereocenters. The quantitative estimate of drug-likeness (QED) is 0.838. The van der Waals surface area contributed by atoms with Crippen LogP contribution in [0.1, 0.15) is 32.4 Å². The molecule has 1 saturated heterocycles. The molecule has 4 heteroatoms. The third kappa shape index (κ3) is 3.74. The number of benzene rings is 1. The van der Waals surface area contributed by atoms with Crippen LogP contribution in [-0.4, -0.2) is 24.4 Å². The molecule has 1 N–H and O–H groups in total. The minimum atomic E-state index is -0.490. The number of hydrogen-bond donors (Lipinski definition) is 1. The Labute approximate surface area is 107 Å². The van der Waals surface area contributed by atoms with Gasteiger partial charge in [0.2, 0.25) is 0 Å². The van der Waals surface area contributed by atoms with Crippen LogP contribution >= 0.6 is 0 Å². The number of hydrogen-bond acceptors (Lipinski definition) is 3. The number of ether oxygens (including phenoxy) is 2. The van der Waals surface area contributed by atoms with E-state index >= 15 is 0 Å². The van der Waals surface area contributed by atoms with Crippen LogP contribution in [0.25, 0.3) is 0 Å². The van der Waals surface area contributed by atoms with Gasteiger partial charge in [-0.2, -0.15) is 0 Å². The summed E-state index contributed by atoms with van der Waals surface area (Å²) in [5.41, 5.74) is 0.543. The summed E-state index contributed by atoms with van der Waals surface area (Å²) in [5.74, 6) is 0. The minimum Gasteiger partial charge on any atom is -0.444 e. The van der Waals surface area contributed by atoms with Crippen LogP contribution in [-0.2, 0) is 9.47 Å². The molecule has 0 saturated carbocycles. The lowest BCUT2D eigenvalue weighted by Gasteiger charge is -2.23. The van der Waals surface area contributed by atoms with Gasteiger partial charge >= 0.3 is 6.09 Å². The van der Waals surface area contributed by atoms with Gasteiger partial charge in [-0.1, -0.05) is 30.3 Å². The summed E-state index contributed by atoms with van der Waals surface area (Å²) in [6.45, 7) is 6.21. The van der Waals surface area contributed by atoms with Gasteiger partial charge in [-0.25, -0.2) is 4.79 Å². The van der Waals surface area contributed by atoms with Gasteiger partial charge in [0.1, 0.15) is 11.7 Å². The molecule has 0 aromatic heterocycles. The molecule has 4 nitrogen and oxygen atoms in total. The van der Waals surface area contributed by atoms with Crippen molar-refractivity contribution in [1.82, 2.24) is 5.32 Å². The van der Waals surface area contributed by atoms with E-state index in [1.165, 1.54) is 0 Å². The number of alkyl carbamates (subject to hydrolysis) is 1. The normalized spacial score (nSPS) is 20.1. The molecule has 1 aromatic carbocycles. The summed E-state index contributed by atoms with van der Waals surface area (Å²) in [6, 6.07) is 9.65. The van der Waals surface area contributed by atoms with Gasteiger partial charge in [-0.05, 0) is 26.3 Å². The van der Waals surface area contributed by atoms with Crippen molar-refractivity contribution in [2.45, 2.75) is 38.5 Å². The van der Waals surface area contributed by atoms with Crippen molar-refractivity contribution < 1.29 is 14.3 Å². The maximum absolute atomic E-state index is 11.8. The van der Waals surface area contributed by atoms with E-state index < -0.39 is 11.7 Å². The Morgan fingerprint density at radius 1 is 1.39 bits per heavy atom. The van der Waals surface area contributed by atoms with Crippen molar-refractivity contribution in [3.05, 3.63) is 35.9 Å². The average Bonchev–Trinajstić information content (AvgIpc) is 3.08. The van der Waals surface area contributed by atoms with E-state index in [-0.39, 0.29) is 12.1 Å². The highest BCUT2D eigenvalue weighted by Crippen LogP contribution is 2.27. The van der Waals surface area contributed by atoms with Gasteiger partial charge in [-0.3, -0.25) is 0 Å². The van der Waals surface area contributed by atoms with Crippen molar-refractivity contribution in [2.24, 2.45) is 0 Å². The summed E-state index contributed by atoms with van der Waals surface area (Å²) in [6.07, 6.45) is -0.355. The Balaban J connectivity index is 2.02. The van der Waals surface area contributed by atoms with Crippen LogP contribution in [0.3, 0.4) is 0 Å². The maximum Gasteiger partial charge on any atom is 0.408 e. The SMILES string of the molecule is CC(C)(C)OC(=O)NC(c1ccccc1)[C@H]1CO1. The van der Waals surface area contributed by atoms with Gasteiger partial charge in [0.25, 0.3) is 0 Å². The zero-order valence-corrected chi connectivity index (χ0v) is 11.0. The summed E-state index contributed by atoms with van der Waals surface area (Å²) < 4.78 is 10.5. The molecule has 1 aliphatic rings. The first-order valence-electron chi connectivity index (χ1n) is 6.12. The lowest BCUT2D eigenvalue weighted by atomic mass is 10.0. The molecular weight excluding hydrogens is 230 g/mol. The lowest BCUT2D eigenvalue weighted by Crippen LogP contribution is -2.36. The second-order valence-corrected chi connectivity index (χ2v) is 5.41. The second kappa shape index (κ2) is 4.98. The first-order valence-corrected chi connectivity index (χ1v) is 6.12. The first kappa shape index (κ1) is 12.9. The summed E-state index contributed by atoms with van der Waals surface area (Å²) in [4.78, 5) is 11.8. The number of rotatable bonds is 3. The molecule has 1 amide bonds. The van der Waals surface area contributed by atoms with Crippen molar-refractivity contribution in [1.29, 1.82) is 0 Å². The maximum atomic E-state index is 11.8. The molecular formula is C14H19NO3. The third-order valence-corrected chi connectivity index (χ3v) is 2.56. The number of amides is 1. The Kier molecular flexibility index (Phi) is 3.57. The van der Waals surface area contributed by atoms with E-state index in [0.29, 0.717) is 6.61 Å². The Hall–Kier alpha value is -1.55. The standard InChI is InChI=1S/C14H19NO3/c1-14(2,3)18-13(16)15-12(11-9-17-11)10-7-5-4-6-8-10/h4-8,11-12H,9H2,1-3H3,(H,15,16)/t11-,12?/m1/s1. The molecule has 2 atom stereocenters. The summed E-state index contributed by atoms with van der Waals surface area (Å²) in [7, 11) is 0. The molecule has 18 heavy (non-hydrogen) atoms. The monoisotopic (exact) mass is 249 g/mol. The molecule has 1 fully saturated rings. The first-order chi connectivity index (χ1) is 8.46. The molecule has 0 spiro atoms. The van der Waals surface area contributed by atoms with Gasteiger partial charge in [-0.15, -0.1) is 0 Å². The second-order valence-electron chi connectivity index (χ2n) is 5.41. The highest BCUT2D eigenvalue weighted by Gasteiger charge is 2.35. The fourth-order valence-corrected chi connectivity index (χ4v) is 1.73. The van der Waals surface area contributed by atoms with Gasteiger partial charge in [0.15, 0.2) is 0 Å². The highest BCUT2D eigenvalue weighted by molar-refractivity contribution is 5.68. The lowest BCUT2D eigenvalue weighted by molar-refractivity contribution is 0.0494. The Morgan fingerprint density at radius 3 is 2.50 bits per heavy atom. The zero-order valence-electron chi connectivity index (χ0n) is 11.0. The molecule has 0 bridgehead atoms. The molecule has 98 valence electrons. The van der Waals surface area contributed by atoms with Gasteiger partial charge < -0.3 is 14.8 Å². The predicted molar refractivity (Wildman–Crippen MR) is 68.3 cm³/mol. The van der Waals surface area contributed by atoms with E-state index in [9.17, 15) is 4.79 Å². The third-order valence-electron chi connectivity index (χ3n) is 2.56. The number of nitrogens with one attached hydrogen (secondary N) is 1. The van der Waals surface area contributed by atoms with Crippen LogP contribution in [0.4, 0.5) is 4.79 Å². The van der Waals surface area contributed by atoms with E-state index in [1.807, 2.05) is 51.1 Å². The average molecular weight is 249 g/mol. The summed E-state index contributed by atoms with van der Waals surface area (Å²) in [5, 5.41) is 2.87. The predicted octanol–water partition coefficient (Wildman–Crippen LogP) is 2.65. The topological polar surface area (TPSA) is 50.9 Å². The van der Waals surface area contributed by atoms with E-state index in [4.69, 9.17) is 9.47 Å². The number of carbonyl (C=O) groups is 1. The fraction of sp³-hybridized carbons (Fsp3) is 0.500.